The molecule has 29 heavy (non-hydrogen) atoms. The van der Waals surface area contributed by atoms with Crippen molar-refractivity contribution in [1.29, 1.82) is 5.26 Å². The average Bonchev–Trinajstić information content (AvgIpc) is 3.06. The zero-order chi connectivity index (χ0) is 20.2. The van der Waals surface area contributed by atoms with Gasteiger partial charge in [0.2, 0.25) is 0 Å². The third-order valence-electron chi connectivity index (χ3n) is 4.72. The van der Waals surface area contributed by atoms with E-state index < -0.39 is 0 Å². The summed E-state index contributed by atoms with van der Waals surface area (Å²) < 4.78 is 15.0. The van der Waals surface area contributed by atoms with E-state index in [0.717, 1.165) is 23.2 Å². The summed E-state index contributed by atoms with van der Waals surface area (Å²) in [7, 11) is 0. The smallest absolute Gasteiger partial charge is 0.145 e. The maximum Gasteiger partial charge on any atom is 0.145 e. The highest BCUT2D eigenvalue weighted by Gasteiger charge is 2.16. The Bertz CT molecular complexity index is 1190. The molecule has 7 heteroatoms. The van der Waals surface area contributed by atoms with Gasteiger partial charge in [-0.05, 0) is 43.2 Å². The number of halogens is 1. The fourth-order valence-corrected chi connectivity index (χ4v) is 3.30. The number of nitrogens with two attached hydrogens (primary N) is 1. The van der Waals surface area contributed by atoms with Crippen molar-refractivity contribution in [2.75, 3.05) is 17.6 Å². The predicted molar refractivity (Wildman–Crippen MR) is 111 cm³/mol. The van der Waals surface area contributed by atoms with Crippen LogP contribution in [-0.2, 0) is 6.42 Å². The lowest BCUT2D eigenvalue weighted by Gasteiger charge is -2.09. The van der Waals surface area contributed by atoms with Crippen molar-refractivity contribution in [2.24, 2.45) is 0 Å². The van der Waals surface area contributed by atoms with Crippen molar-refractivity contribution in [1.82, 2.24) is 14.8 Å². The van der Waals surface area contributed by atoms with Crippen LogP contribution in [0.1, 0.15) is 17.7 Å². The zero-order valence-corrected chi connectivity index (χ0v) is 15.6. The molecule has 0 fully saturated rings. The van der Waals surface area contributed by atoms with Crippen LogP contribution in [0.2, 0.25) is 0 Å². The lowest BCUT2D eigenvalue weighted by atomic mass is 10.1. The van der Waals surface area contributed by atoms with Gasteiger partial charge in [0.25, 0.3) is 0 Å². The zero-order valence-electron chi connectivity index (χ0n) is 15.6. The first-order chi connectivity index (χ1) is 14.2. The van der Waals surface area contributed by atoms with E-state index in [2.05, 4.69) is 21.5 Å². The number of hydrogen-bond donors (Lipinski definition) is 2. The third kappa shape index (κ3) is 3.73. The van der Waals surface area contributed by atoms with E-state index in [-0.39, 0.29) is 5.82 Å². The second kappa shape index (κ2) is 7.98. The lowest BCUT2D eigenvalue weighted by Crippen LogP contribution is -2.05. The van der Waals surface area contributed by atoms with Crippen molar-refractivity contribution < 1.29 is 4.39 Å². The molecule has 6 nitrogen and oxygen atoms in total. The maximum absolute atomic E-state index is 13.4. The van der Waals surface area contributed by atoms with E-state index >= 15 is 0 Å². The van der Waals surface area contributed by atoms with Crippen LogP contribution in [0.4, 0.5) is 15.9 Å². The van der Waals surface area contributed by atoms with Crippen molar-refractivity contribution in [3.8, 4) is 11.8 Å². The van der Waals surface area contributed by atoms with Gasteiger partial charge in [-0.15, -0.1) is 0 Å². The van der Waals surface area contributed by atoms with Crippen LogP contribution < -0.4 is 11.1 Å². The van der Waals surface area contributed by atoms with Gasteiger partial charge >= 0.3 is 0 Å². The minimum Gasteiger partial charge on any atom is -0.384 e. The van der Waals surface area contributed by atoms with E-state index in [9.17, 15) is 9.65 Å². The first kappa shape index (κ1) is 18.4. The Morgan fingerprint density at radius 1 is 1.14 bits per heavy atom. The summed E-state index contributed by atoms with van der Waals surface area (Å²) >= 11 is 0. The number of para-hydroxylation sites is 1. The van der Waals surface area contributed by atoms with Gasteiger partial charge in [-0.1, -0.05) is 18.2 Å². The number of fused-ring (bicyclic) bond motifs is 1. The molecule has 0 atom stereocenters. The molecule has 0 saturated carbocycles. The molecular formula is C22H19FN6. The van der Waals surface area contributed by atoms with Gasteiger partial charge in [0.1, 0.15) is 23.3 Å². The molecule has 144 valence electrons. The summed E-state index contributed by atoms with van der Waals surface area (Å²) in [5.41, 5.74) is 9.56. The highest BCUT2D eigenvalue weighted by Crippen LogP contribution is 2.23. The minimum atomic E-state index is -0.308. The molecule has 4 rings (SSSR count). The summed E-state index contributed by atoms with van der Waals surface area (Å²) in [6.45, 7) is 0.666. The number of pyridine rings is 1. The van der Waals surface area contributed by atoms with Crippen LogP contribution in [0, 0.1) is 17.1 Å². The summed E-state index contributed by atoms with van der Waals surface area (Å²) in [6, 6.07) is 18.1. The largest absolute Gasteiger partial charge is 0.384 e. The van der Waals surface area contributed by atoms with Crippen molar-refractivity contribution in [3.63, 3.8) is 0 Å². The highest BCUT2D eigenvalue weighted by atomic mass is 19.1. The van der Waals surface area contributed by atoms with Gasteiger partial charge < -0.3 is 11.1 Å². The van der Waals surface area contributed by atoms with E-state index in [1.165, 1.54) is 12.1 Å². The van der Waals surface area contributed by atoms with Crippen LogP contribution in [0.3, 0.4) is 0 Å². The molecule has 0 aliphatic rings. The Balaban J connectivity index is 1.46. The fraction of sp³-hybridized carbons (Fsp3) is 0.136. The van der Waals surface area contributed by atoms with Gasteiger partial charge in [-0.25, -0.2) is 9.07 Å². The predicted octanol–water partition coefficient (Wildman–Crippen LogP) is 4.06. The van der Waals surface area contributed by atoms with Crippen molar-refractivity contribution >= 4 is 22.4 Å². The molecule has 0 spiro atoms. The van der Waals surface area contributed by atoms with Crippen molar-refractivity contribution in [3.05, 3.63) is 77.9 Å². The number of nitrogens with zero attached hydrogens (tertiary/aromatic N) is 4. The van der Waals surface area contributed by atoms with Crippen molar-refractivity contribution in [2.45, 2.75) is 12.8 Å². The molecule has 2 aromatic carbocycles. The summed E-state index contributed by atoms with van der Waals surface area (Å²) in [5.74, 6) is 0.0431. The molecule has 0 bridgehead atoms. The van der Waals surface area contributed by atoms with E-state index in [4.69, 9.17) is 5.73 Å². The molecule has 0 saturated heterocycles. The van der Waals surface area contributed by atoms with Crippen LogP contribution in [-0.4, -0.2) is 21.3 Å². The number of aromatic nitrogens is 3. The lowest BCUT2D eigenvalue weighted by molar-refractivity contribution is 0.629. The van der Waals surface area contributed by atoms with Gasteiger partial charge in [0.15, 0.2) is 0 Å². The van der Waals surface area contributed by atoms with E-state index in [1.807, 2.05) is 36.4 Å². The number of aryl methyl sites for hydroxylation is 1. The molecule has 0 aliphatic carbocycles. The molecule has 4 aromatic rings. The molecule has 0 aliphatic heterocycles. The number of hydrogen-bond acceptors (Lipinski definition) is 5. The molecule has 3 N–H and O–H groups in total. The fourth-order valence-electron chi connectivity index (χ4n) is 3.30. The van der Waals surface area contributed by atoms with Crippen LogP contribution >= 0.6 is 0 Å². The van der Waals surface area contributed by atoms with Gasteiger partial charge in [-0.2, -0.15) is 10.4 Å². The van der Waals surface area contributed by atoms with E-state index in [0.29, 0.717) is 35.6 Å². The van der Waals surface area contributed by atoms with Gasteiger partial charge in [0, 0.05) is 29.9 Å². The Hall–Kier alpha value is -3.92. The first-order valence-electron chi connectivity index (χ1n) is 9.28. The van der Waals surface area contributed by atoms with E-state index in [1.54, 1.807) is 16.9 Å². The number of nitrogens with one attached hydrogen (secondary N) is 1. The molecule has 0 amide bonds. The Morgan fingerprint density at radius 2 is 1.97 bits per heavy atom. The molecule has 2 aromatic heterocycles. The second-order valence-electron chi connectivity index (χ2n) is 6.62. The average molecular weight is 386 g/mol. The Labute approximate surface area is 167 Å². The summed E-state index contributed by atoms with van der Waals surface area (Å²) in [4.78, 5) is 4.20. The molecule has 0 radical (unpaired) electrons. The minimum absolute atomic E-state index is 0.308. The number of benzene rings is 2. The van der Waals surface area contributed by atoms with Crippen LogP contribution in [0.15, 0.2) is 60.8 Å². The van der Waals surface area contributed by atoms with Crippen LogP contribution in [0.25, 0.3) is 16.6 Å². The standard InChI is InChI=1S/C22H19FN6/c23-15-8-9-17-19(10-12-27-21(17)13-15)26-11-4-7-20-18(14-24)22(25)29(28-20)16-5-2-1-3-6-16/h1-3,5-6,8-10,12-13H,4,7,11,25H2,(H,26,27). The Kier molecular flexibility index (Phi) is 5.08. The third-order valence-corrected chi connectivity index (χ3v) is 4.72. The summed E-state index contributed by atoms with van der Waals surface area (Å²) in [6.07, 6.45) is 3.02. The normalized spacial score (nSPS) is 10.8. The molecule has 0 unspecified atom stereocenters. The Morgan fingerprint density at radius 3 is 2.76 bits per heavy atom. The quantitative estimate of drug-likeness (QED) is 0.488. The SMILES string of the molecule is N#Cc1c(CCCNc2ccnc3cc(F)ccc23)nn(-c2ccccc2)c1N. The summed E-state index contributed by atoms with van der Waals surface area (Å²) in [5, 5.41) is 18.3. The molecular weight excluding hydrogens is 367 g/mol. The second-order valence-corrected chi connectivity index (χ2v) is 6.62. The number of nitrogen functional groups attached to an aromatic ring is 1. The highest BCUT2D eigenvalue weighted by molar-refractivity contribution is 5.90. The van der Waals surface area contributed by atoms with Gasteiger partial charge in [-0.3, -0.25) is 4.98 Å². The monoisotopic (exact) mass is 386 g/mol. The molecule has 2 heterocycles. The first-order valence-corrected chi connectivity index (χ1v) is 9.28. The maximum atomic E-state index is 13.4. The topological polar surface area (TPSA) is 92.5 Å². The number of nitriles is 1. The van der Waals surface area contributed by atoms with Crippen LogP contribution in [0.5, 0.6) is 0 Å². The van der Waals surface area contributed by atoms with Gasteiger partial charge in [0.05, 0.1) is 16.9 Å². The number of rotatable bonds is 6. The number of anilines is 2.